The largest absolute Gasteiger partial charge is 0.493 e. The van der Waals surface area contributed by atoms with Gasteiger partial charge in [0, 0.05) is 17.7 Å². The molecule has 3 N–H and O–H groups in total. The SMILES string of the molecule is COc1cc([C@@H]2C(C#N)=C(N)N(c3ncn[nH]3)C3=C2C(=O)CCC3)cc(OC)c1OC. The summed E-state index contributed by atoms with van der Waals surface area (Å²) < 4.78 is 16.4. The van der Waals surface area contributed by atoms with Crippen molar-refractivity contribution in [3.05, 3.63) is 46.7 Å². The summed E-state index contributed by atoms with van der Waals surface area (Å²) in [5.41, 5.74) is 8.58. The van der Waals surface area contributed by atoms with E-state index in [1.807, 2.05) is 0 Å². The lowest BCUT2D eigenvalue weighted by atomic mass is 9.75. The van der Waals surface area contributed by atoms with Gasteiger partial charge in [-0.1, -0.05) is 0 Å². The van der Waals surface area contributed by atoms with Gasteiger partial charge >= 0.3 is 0 Å². The summed E-state index contributed by atoms with van der Waals surface area (Å²) in [6, 6.07) is 5.69. The highest BCUT2D eigenvalue weighted by Crippen LogP contribution is 2.48. The van der Waals surface area contributed by atoms with Gasteiger partial charge in [0.2, 0.25) is 11.7 Å². The zero-order valence-electron chi connectivity index (χ0n) is 17.4. The number of carbonyl (C=O) groups is 1. The number of Topliss-reactive ketones (excluding diaryl/α,β-unsaturated/α-hetero) is 1. The summed E-state index contributed by atoms with van der Waals surface area (Å²) in [7, 11) is 4.54. The molecule has 31 heavy (non-hydrogen) atoms. The lowest BCUT2D eigenvalue weighted by Gasteiger charge is -2.38. The van der Waals surface area contributed by atoms with Crippen molar-refractivity contribution >= 4 is 11.7 Å². The van der Waals surface area contributed by atoms with E-state index in [0.717, 1.165) is 0 Å². The number of hydrogen-bond donors (Lipinski definition) is 2. The first-order valence-corrected chi connectivity index (χ1v) is 9.67. The number of nitriles is 1. The molecule has 0 bridgehead atoms. The first kappa shape index (κ1) is 20.3. The van der Waals surface area contributed by atoms with Crippen LogP contribution in [0.2, 0.25) is 0 Å². The van der Waals surface area contributed by atoms with E-state index in [-0.39, 0.29) is 17.2 Å². The summed E-state index contributed by atoms with van der Waals surface area (Å²) in [5.74, 6) is 1.13. The number of anilines is 1. The van der Waals surface area contributed by atoms with Crippen molar-refractivity contribution in [2.24, 2.45) is 5.73 Å². The van der Waals surface area contributed by atoms with Crippen LogP contribution < -0.4 is 24.8 Å². The Balaban J connectivity index is 1.99. The molecule has 2 aromatic rings. The number of allylic oxidation sites excluding steroid dienone is 3. The molecular weight excluding hydrogens is 400 g/mol. The van der Waals surface area contributed by atoms with Gasteiger partial charge in [0.25, 0.3) is 0 Å². The fraction of sp³-hybridized carbons (Fsp3) is 0.333. The summed E-state index contributed by atoms with van der Waals surface area (Å²) in [5, 5.41) is 16.7. The van der Waals surface area contributed by atoms with E-state index in [1.54, 1.807) is 17.0 Å². The number of ether oxygens (including phenoxy) is 3. The minimum atomic E-state index is -0.666. The van der Waals surface area contributed by atoms with E-state index < -0.39 is 5.92 Å². The number of nitrogens with one attached hydrogen (secondary N) is 1. The number of nitrogens with two attached hydrogens (primary N) is 1. The molecule has 0 radical (unpaired) electrons. The molecule has 10 nitrogen and oxygen atoms in total. The standard InChI is InChI=1S/C21H22N6O4/c1-29-15-7-11(8-16(30-2)19(15)31-3)17-12(9-22)20(23)27(21-24-10-25-26-21)13-5-4-6-14(28)18(13)17/h7-8,10,17H,4-6,23H2,1-3H3,(H,24,25,26)/t17-/m1/s1. The van der Waals surface area contributed by atoms with Crippen molar-refractivity contribution in [1.29, 1.82) is 5.26 Å². The van der Waals surface area contributed by atoms with E-state index in [9.17, 15) is 10.1 Å². The number of rotatable bonds is 5. The highest BCUT2D eigenvalue weighted by Gasteiger charge is 2.41. The van der Waals surface area contributed by atoms with Gasteiger partial charge in [-0.15, -0.1) is 0 Å². The number of aromatic nitrogens is 3. The molecule has 1 atom stereocenters. The van der Waals surface area contributed by atoms with Crippen LogP contribution in [0.4, 0.5) is 5.95 Å². The maximum absolute atomic E-state index is 13.1. The molecule has 0 saturated carbocycles. The fourth-order valence-corrected chi connectivity index (χ4v) is 4.24. The monoisotopic (exact) mass is 422 g/mol. The molecule has 0 unspecified atom stereocenters. The molecule has 10 heteroatoms. The molecule has 1 aliphatic heterocycles. The van der Waals surface area contributed by atoms with Gasteiger partial charge in [0.05, 0.1) is 38.9 Å². The van der Waals surface area contributed by atoms with Crippen LogP contribution in [0.3, 0.4) is 0 Å². The van der Waals surface area contributed by atoms with Gasteiger partial charge in [0.15, 0.2) is 17.3 Å². The predicted octanol–water partition coefficient (Wildman–Crippen LogP) is 2.14. The Labute approximate surface area is 178 Å². The first-order chi connectivity index (χ1) is 15.0. The van der Waals surface area contributed by atoms with E-state index in [1.165, 1.54) is 27.7 Å². The van der Waals surface area contributed by atoms with E-state index in [2.05, 4.69) is 21.3 Å². The third-order valence-electron chi connectivity index (χ3n) is 5.55. The van der Waals surface area contributed by atoms with Crippen molar-refractivity contribution in [2.45, 2.75) is 25.2 Å². The predicted molar refractivity (Wildman–Crippen MR) is 110 cm³/mol. The first-order valence-electron chi connectivity index (χ1n) is 9.67. The van der Waals surface area contributed by atoms with Crippen LogP contribution in [0.25, 0.3) is 0 Å². The van der Waals surface area contributed by atoms with Crippen molar-refractivity contribution in [2.75, 3.05) is 26.2 Å². The third kappa shape index (κ3) is 3.15. The number of aromatic amines is 1. The maximum atomic E-state index is 13.1. The Morgan fingerprint density at radius 3 is 2.45 bits per heavy atom. The number of benzene rings is 1. The third-order valence-corrected chi connectivity index (χ3v) is 5.55. The van der Waals surface area contributed by atoms with Crippen LogP contribution in [0, 0.1) is 11.3 Å². The van der Waals surface area contributed by atoms with Crippen LogP contribution in [-0.2, 0) is 4.79 Å². The topological polar surface area (TPSA) is 139 Å². The zero-order chi connectivity index (χ0) is 22.1. The lowest BCUT2D eigenvalue weighted by Crippen LogP contribution is -2.39. The average Bonchev–Trinajstić information content (AvgIpc) is 3.31. The molecule has 2 heterocycles. The van der Waals surface area contributed by atoms with Crippen molar-refractivity contribution in [3.63, 3.8) is 0 Å². The molecule has 2 aliphatic rings. The van der Waals surface area contributed by atoms with Crippen LogP contribution in [-0.4, -0.2) is 42.3 Å². The Hall–Kier alpha value is -4.00. The Kier molecular flexibility index (Phi) is 5.25. The number of nitrogens with zero attached hydrogens (tertiary/aromatic N) is 4. The number of methoxy groups -OCH3 is 3. The second-order valence-corrected chi connectivity index (χ2v) is 7.08. The Morgan fingerprint density at radius 2 is 1.90 bits per heavy atom. The average molecular weight is 422 g/mol. The number of ketones is 1. The highest BCUT2D eigenvalue weighted by atomic mass is 16.5. The number of hydrogen-bond acceptors (Lipinski definition) is 9. The second kappa shape index (κ2) is 8.02. The van der Waals surface area contributed by atoms with Crippen molar-refractivity contribution < 1.29 is 19.0 Å². The van der Waals surface area contributed by atoms with Crippen molar-refractivity contribution in [1.82, 2.24) is 15.2 Å². The summed E-state index contributed by atoms with van der Waals surface area (Å²) in [6.07, 6.45) is 3.04. The van der Waals surface area contributed by atoms with Crippen molar-refractivity contribution in [3.8, 4) is 23.3 Å². The van der Waals surface area contributed by atoms with Gasteiger partial charge in [0.1, 0.15) is 12.1 Å². The van der Waals surface area contributed by atoms with Gasteiger partial charge < -0.3 is 19.9 Å². The fourth-order valence-electron chi connectivity index (χ4n) is 4.24. The Morgan fingerprint density at radius 1 is 1.19 bits per heavy atom. The smallest absolute Gasteiger partial charge is 0.231 e. The summed E-state index contributed by atoms with van der Waals surface area (Å²) in [4.78, 5) is 18.9. The highest BCUT2D eigenvalue weighted by molar-refractivity contribution is 6.01. The van der Waals surface area contributed by atoms with Crippen LogP contribution in [0.5, 0.6) is 17.2 Å². The molecule has 1 aromatic carbocycles. The van der Waals surface area contributed by atoms with E-state index in [0.29, 0.717) is 59.3 Å². The summed E-state index contributed by atoms with van der Waals surface area (Å²) >= 11 is 0. The molecule has 4 rings (SSSR count). The molecule has 0 saturated heterocycles. The normalized spacial score (nSPS) is 18.6. The molecule has 0 amide bonds. The molecular formula is C21H22N6O4. The maximum Gasteiger partial charge on any atom is 0.231 e. The quantitative estimate of drug-likeness (QED) is 0.741. The van der Waals surface area contributed by atoms with Crippen LogP contribution in [0.15, 0.2) is 41.1 Å². The minimum Gasteiger partial charge on any atom is -0.493 e. The van der Waals surface area contributed by atoms with Gasteiger partial charge in [-0.2, -0.15) is 15.3 Å². The van der Waals surface area contributed by atoms with Gasteiger partial charge in [-0.3, -0.25) is 9.69 Å². The van der Waals surface area contributed by atoms with Crippen LogP contribution in [0.1, 0.15) is 30.7 Å². The molecule has 0 spiro atoms. The molecule has 1 aromatic heterocycles. The van der Waals surface area contributed by atoms with Gasteiger partial charge in [-0.25, -0.2) is 5.10 Å². The Bertz CT molecular complexity index is 1100. The molecule has 0 fully saturated rings. The van der Waals surface area contributed by atoms with Crippen LogP contribution >= 0.6 is 0 Å². The van der Waals surface area contributed by atoms with E-state index in [4.69, 9.17) is 19.9 Å². The zero-order valence-corrected chi connectivity index (χ0v) is 17.4. The lowest BCUT2D eigenvalue weighted by molar-refractivity contribution is -0.116. The van der Waals surface area contributed by atoms with Gasteiger partial charge in [-0.05, 0) is 30.5 Å². The van der Waals surface area contributed by atoms with E-state index >= 15 is 0 Å². The number of H-pyrrole nitrogens is 1. The minimum absolute atomic E-state index is 0.0373. The second-order valence-electron chi connectivity index (χ2n) is 7.08. The molecule has 1 aliphatic carbocycles. The summed E-state index contributed by atoms with van der Waals surface area (Å²) in [6.45, 7) is 0. The molecule has 160 valence electrons. The number of carbonyl (C=O) groups excluding carboxylic acids is 1.